The first-order valence-corrected chi connectivity index (χ1v) is 9.81. The van der Waals surface area contributed by atoms with Crippen molar-refractivity contribution in [2.45, 2.75) is 87.3 Å². The number of rotatable bonds is 12. The lowest BCUT2D eigenvalue weighted by Crippen LogP contribution is -2.77. The van der Waals surface area contributed by atoms with Crippen molar-refractivity contribution < 1.29 is 84.4 Å². The highest BCUT2D eigenvalue weighted by Crippen LogP contribution is 2.64. The molecule has 0 aromatic carbocycles. The molecule has 0 heterocycles. The van der Waals surface area contributed by atoms with Gasteiger partial charge < -0.3 is 4.74 Å². The van der Waals surface area contributed by atoms with Crippen molar-refractivity contribution in [2.24, 2.45) is 0 Å². The molecule has 0 unspecified atom stereocenters. The molecule has 0 aliphatic heterocycles. The van der Waals surface area contributed by atoms with E-state index >= 15 is 0 Å². The van der Waals surface area contributed by atoms with Crippen molar-refractivity contribution in [1.82, 2.24) is 5.32 Å². The van der Waals surface area contributed by atoms with Crippen LogP contribution in [0.2, 0.25) is 0 Å². The average Bonchev–Trinajstić information content (AvgIpc) is 2.69. The van der Waals surface area contributed by atoms with Crippen LogP contribution in [0.3, 0.4) is 0 Å². The van der Waals surface area contributed by atoms with Crippen molar-refractivity contribution in [3.8, 4) is 0 Å². The predicted octanol–water partition coefficient (Wildman–Crippen LogP) is 5.25. The van der Waals surface area contributed by atoms with Crippen LogP contribution in [0, 0.1) is 0 Å². The standard InChI is InChI=1S/C17H19F17N2O/c1-4-6-35-9(36-8(2)3)37-7-5-10(18,19)11(20,21)12(22,23)13(24,25)14(26,27)15(28,29)16(30,31)17(32,33)34/h8H,4-7H2,1-3H3,(H,35,36)/p+1. The maximum atomic E-state index is 13.8. The summed E-state index contributed by atoms with van der Waals surface area (Å²) >= 11 is 0. The van der Waals surface area contributed by atoms with Crippen molar-refractivity contribution in [2.75, 3.05) is 13.2 Å². The Hall–Kier alpha value is -1.92. The highest BCUT2D eigenvalue weighted by molar-refractivity contribution is 5.67. The third-order valence-electron chi connectivity index (χ3n) is 4.40. The van der Waals surface area contributed by atoms with Gasteiger partial charge in [0.05, 0.1) is 19.0 Å². The minimum atomic E-state index is -8.63. The van der Waals surface area contributed by atoms with E-state index in [0.29, 0.717) is 6.42 Å². The van der Waals surface area contributed by atoms with Crippen LogP contribution in [-0.4, -0.2) is 72.8 Å². The summed E-state index contributed by atoms with van der Waals surface area (Å²) in [4.78, 5) is 2.38. The summed E-state index contributed by atoms with van der Waals surface area (Å²) in [5.74, 6) is -56.4. The molecule has 0 fully saturated rings. The van der Waals surface area contributed by atoms with Gasteiger partial charge in [0.15, 0.2) is 0 Å². The van der Waals surface area contributed by atoms with Gasteiger partial charge in [-0.05, 0) is 20.3 Å². The summed E-state index contributed by atoms with van der Waals surface area (Å²) in [5.41, 5.74) is 0. The zero-order chi connectivity index (χ0) is 30.1. The van der Waals surface area contributed by atoms with E-state index in [9.17, 15) is 74.6 Å². The van der Waals surface area contributed by atoms with Gasteiger partial charge in [0.1, 0.15) is 6.61 Å². The average molecular weight is 591 g/mol. The number of amidine groups is 1. The molecule has 0 aromatic heterocycles. The molecule has 37 heavy (non-hydrogen) atoms. The van der Waals surface area contributed by atoms with Gasteiger partial charge in [-0.2, -0.15) is 74.6 Å². The normalized spacial score (nSPS) is 15.9. The minimum Gasteiger partial charge on any atom is -0.431 e. The Morgan fingerprint density at radius 2 is 1.03 bits per heavy atom. The number of hydrogen-bond acceptors (Lipinski definition) is 1. The van der Waals surface area contributed by atoms with Gasteiger partial charge in [-0.1, -0.05) is 6.92 Å². The first-order chi connectivity index (χ1) is 16.1. The first kappa shape index (κ1) is 35.1. The smallest absolute Gasteiger partial charge is 0.431 e. The second-order valence-electron chi connectivity index (χ2n) is 7.80. The Kier molecular flexibility index (Phi) is 10.1. The Balaban J connectivity index is 6.24. The van der Waals surface area contributed by atoms with Crippen LogP contribution in [0.4, 0.5) is 74.6 Å². The molecule has 0 aliphatic rings. The van der Waals surface area contributed by atoms with Crippen LogP contribution < -0.4 is 10.3 Å². The van der Waals surface area contributed by atoms with Crippen LogP contribution in [-0.2, 0) is 4.74 Å². The summed E-state index contributed by atoms with van der Waals surface area (Å²) in [6.07, 6.45) is -10.1. The highest BCUT2D eigenvalue weighted by atomic mass is 19.4. The maximum Gasteiger partial charge on any atom is 0.460 e. The number of ether oxygens (including phenoxy) is 1. The van der Waals surface area contributed by atoms with Gasteiger partial charge in [-0.15, -0.1) is 0 Å². The Morgan fingerprint density at radius 1 is 0.649 bits per heavy atom. The lowest BCUT2D eigenvalue weighted by molar-refractivity contribution is -0.471. The van der Waals surface area contributed by atoms with Crippen LogP contribution in [0.5, 0.6) is 0 Å². The molecule has 0 saturated heterocycles. The molecule has 3 nitrogen and oxygen atoms in total. The molecule has 0 bridgehead atoms. The van der Waals surface area contributed by atoms with Crippen molar-refractivity contribution in [3.63, 3.8) is 0 Å². The molecule has 20 heteroatoms. The Bertz CT molecular complexity index is 789. The van der Waals surface area contributed by atoms with Crippen molar-refractivity contribution >= 4 is 6.02 Å². The van der Waals surface area contributed by atoms with E-state index in [4.69, 9.17) is 0 Å². The van der Waals surface area contributed by atoms with E-state index in [1.807, 2.05) is 0 Å². The number of alkyl halides is 17. The van der Waals surface area contributed by atoms with E-state index < -0.39 is 72.7 Å². The van der Waals surface area contributed by atoms with Gasteiger partial charge in [0.25, 0.3) is 0 Å². The lowest BCUT2D eigenvalue weighted by Gasteiger charge is -2.42. The van der Waals surface area contributed by atoms with Crippen LogP contribution in [0.15, 0.2) is 0 Å². The zero-order valence-electron chi connectivity index (χ0n) is 18.7. The zero-order valence-corrected chi connectivity index (χ0v) is 18.7. The fourth-order valence-corrected chi connectivity index (χ4v) is 2.28. The highest BCUT2D eigenvalue weighted by Gasteiger charge is 2.95. The molecule has 0 rings (SSSR count). The largest absolute Gasteiger partial charge is 0.460 e. The molecule has 222 valence electrons. The van der Waals surface area contributed by atoms with Gasteiger partial charge in [0, 0.05) is 0 Å². The summed E-state index contributed by atoms with van der Waals surface area (Å²) in [5, 5.41) is 2.39. The number of halogens is 17. The summed E-state index contributed by atoms with van der Waals surface area (Å²) in [6, 6.07) is -1.02. The molecule has 0 aromatic rings. The van der Waals surface area contributed by atoms with E-state index in [0.717, 1.165) is 0 Å². The van der Waals surface area contributed by atoms with Crippen molar-refractivity contribution in [1.29, 1.82) is 0 Å². The van der Waals surface area contributed by atoms with Gasteiger partial charge >= 0.3 is 53.7 Å². The van der Waals surface area contributed by atoms with Gasteiger partial charge in [-0.25, -0.2) is 10.3 Å². The molecular formula is C17H20F17N2O+. The number of hydrogen-bond donors (Lipinski definition) is 2. The van der Waals surface area contributed by atoms with E-state index in [2.05, 4.69) is 15.0 Å². The van der Waals surface area contributed by atoms with Crippen molar-refractivity contribution in [3.05, 3.63) is 0 Å². The molecule has 0 atom stereocenters. The third kappa shape index (κ3) is 6.06. The minimum absolute atomic E-state index is 0.0672. The number of nitrogens with one attached hydrogen (secondary N) is 2. The molecule has 0 amide bonds. The molecule has 2 N–H and O–H groups in total. The summed E-state index contributed by atoms with van der Waals surface area (Å²) in [6.45, 7) is 2.83. The SMILES string of the molecule is CCC[NH+]=C(NC(C)C)OCCC(F)(F)C(F)(F)C(F)(F)C(F)(F)C(F)(F)C(F)(F)C(F)(F)C(F)(F)F. The van der Waals surface area contributed by atoms with Crippen LogP contribution in [0.25, 0.3) is 0 Å². The maximum absolute atomic E-state index is 13.8. The Labute approximate surface area is 197 Å². The second kappa shape index (κ2) is 10.7. The van der Waals surface area contributed by atoms with Crippen LogP contribution in [0.1, 0.15) is 33.6 Å². The summed E-state index contributed by atoms with van der Waals surface area (Å²) < 4.78 is 229. The lowest BCUT2D eigenvalue weighted by atomic mass is 9.88. The Morgan fingerprint density at radius 3 is 1.38 bits per heavy atom. The predicted molar refractivity (Wildman–Crippen MR) is 90.7 cm³/mol. The topological polar surface area (TPSA) is 35.2 Å². The fourth-order valence-electron chi connectivity index (χ4n) is 2.28. The summed E-state index contributed by atoms with van der Waals surface area (Å²) in [7, 11) is 0. The van der Waals surface area contributed by atoms with Gasteiger partial charge in [0.2, 0.25) is 0 Å². The van der Waals surface area contributed by atoms with Gasteiger partial charge in [-0.3, -0.25) is 0 Å². The fraction of sp³-hybridized carbons (Fsp3) is 0.941. The van der Waals surface area contributed by atoms with E-state index in [1.165, 1.54) is 13.8 Å². The molecule has 0 saturated carbocycles. The molecule has 0 radical (unpaired) electrons. The second-order valence-corrected chi connectivity index (χ2v) is 7.80. The quantitative estimate of drug-likeness (QED) is 0.185. The molecular weight excluding hydrogens is 571 g/mol. The third-order valence-corrected chi connectivity index (χ3v) is 4.40. The van der Waals surface area contributed by atoms with E-state index in [-0.39, 0.29) is 6.54 Å². The molecule has 0 spiro atoms. The van der Waals surface area contributed by atoms with E-state index in [1.54, 1.807) is 6.92 Å². The van der Waals surface area contributed by atoms with Crippen LogP contribution >= 0.6 is 0 Å². The monoisotopic (exact) mass is 591 g/mol. The first-order valence-electron chi connectivity index (χ1n) is 9.81. The molecule has 0 aliphatic carbocycles.